The first-order valence-corrected chi connectivity index (χ1v) is 7.03. The normalized spacial score (nSPS) is 15.2. The predicted molar refractivity (Wildman–Crippen MR) is 79.6 cm³/mol. The monoisotopic (exact) mass is 268 g/mol. The molecule has 1 nitrogen and oxygen atoms in total. The van der Waals surface area contributed by atoms with Gasteiger partial charge < -0.3 is 4.74 Å². The lowest BCUT2D eigenvalue weighted by Crippen LogP contribution is -2.21. The molecule has 0 saturated carbocycles. The molecule has 1 aromatic rings. The molecule has 0 aliphatic heterocycles. The van der Waals surface area contributed by atoms with Gasteiger partial charge in [-0.15, -0.1) is 11.6 Å². The molecule has 0 aromatic heterocycles. The van der Waals surface area contributed by atoms with E-state index in [1.807, 2.05) is 12.1 Å². The summed E-state index contributed by atoms with van der Waals surface area (Å²) in [6.07, 6.45) is 1.98. The summed E-state index contributed by atoms with van der Waals surface area (Å²) in [6, 6.07) is 8.17. The Bertz CT molecular complexity index is 350. The average molecular weight is 269 g/mol. The molecule has 1 aromatic carbocycles. The minimum Gasteiger partial charge on any atom is -0.497 e. The summed E-state index contributed by atoms with van der Waals surface area (Å²) in [7, 11) is 1.68. The number of benzene rings is 1. The van der Waals surface area contributed by atoms with Crippen LogP contribution in [-0.4, -0.2) is 12.5 Å². The largest absolute Gasteiger partial charge is 0.497 e. The number of hydrogen-bond acceptors (Lipinski definition) is 1. The van der Waals surface area contributed by atoms with Crippen LogP contribution in [0.3, 0.4) is 0 Å². The standard InChI is InChI=1S/C16H25ClO/c1-12(16(2,3)4)10-14(17)11-13-6-8-15(18-5)9-7-13/h6-9,12,14H,10-11H2,1-5H3. The molecule has 0 radical (unpaired) electrons. The highest BCUT2D eigenvalue weighted by Crippen LogP contribution is 2.31. The zero-order valence-electron chi connectivity index (χ0n) is 12.2. The van der Waals surface area contributed by atoms with E-state index in [4.69, 9.17) is 16.3 Å². The Morgan fingerprint density at radius 3 is 2.17 bits per heavy atom. The van der Waals surface area contributed by atoms with E-state index < -0.39 is 0 Å². The molecule has 0 amide bonds. The molecule has 2 atom stereocenters. The molecule has 0 N–H and O–H groups in total. The van der Waals surface area contributed by atoms with Crippen LogP contribution in [0.15, 0.2) is 24.3 Å². The van der Waals surface area contributed by atoms with Gasteiger partial charge in [-0.3, -0.25) is 0 Å². The maximum atomic E-state index is 6.46. The predicted octanol–water partition coefficient (Wildman–Crippen LogP) is 4.92. The lowest BCUT2D eigenvalue weighted by atomic mass is 9.79. The third kappa shape index (κ3) is 4.89. The van der Waals surface area contributed by atoms with Crippen molar-refractivity contribution in [2.75, 3.05) is 7.11 Å². The van der Waals surface area contributed by atoms with E-state index in [1.54, 1.807) is 7.11 Å². The fourth-order valence-electron chi connectivity index (χ4n) is 1.84. The lowest BCUT2D eigenvalue weighted by Gasteiger charge is -2.29. The Hall–Kier alpha value is -0.690. The van der Waals surface area contributed by atoms with Crippen molar-refractivity contribution >= 4 is 11.6 Å². The van der Waals surface area contributed by atoms with Gasteiger partial charge in [0.25, 0.3) is 0 Å². The summed E-state index contributed by atoms with van der Waals surface area (Å²) in [5.41, 5.74) is 1.60. The number of hydrogen-bond donors (Lipinski definition) is 0. The molecule has 1 rings (SSSR count). The summed E-state index contributed by atoms with van der Waals surface area (Å²) in [5, 5.41) is 0.201. The molecule has 0 aliphatic carbocycles. The van der Waals surface area contributed by atoms with Crippen LogP contribution in [0.2, 0.25) is 0 Å². The van der Waals surface area contributed by atoms with Gasteiger partial charge >= 0.3 is 0 Å². The number of methoxy groups -OCH3 is 1. The minimum atomic E-state index is 0.201. The molecule has 0 fully saturated rings. The SMILES string of the molecule is COc1ccc(CC(Cl)CC(C)C(C)(C)C)cc1. The van der Waals surface area contributed by atoms with E-state index in [9.17, 15) is 0 Å². The van der Waals surface area contributed by atoms with Gasteiger partial charge in [-0.05, 0) is 41.9 Å². The number of alkyl halides is 1. The number of ether oxygens (including phenoxy) is 1. The van der Waals surface area contributed by atoms with Gasteiger partial charge in [0.15, 0.2) is 0 Å². The summed E-state index contributed by atoms with van der Waals surface area (Å²) in [4.78, 5) is 0. The second kappa shape index (κ2) is 6.47. The molecular formula is C16H25ClO. The van der Waals surface area contributed by atoms with Crippen molar-refractivity contribution in [3.05, 3.63) is 29.8 Å². The van der Waals surface area contributed by atoms with Crippen LogP contribution in [0.5, 0.6) is 5.75 Å². The van der Waals surface area contributed by atoms with Gasteiger partial charge in [0.1, 0.15) is 5.75 Å². The van der Waals surface area contributed by atoms with Crippen LogP contribution in [0, 0.1) is 11.3 Å². The van der Waals surface area contributed by atoms with Crippen LogP contribution in [0.25, 0.3) is 0 Å². The summed E-state index contributed by atoms with van der Waals surface area (Å²) >= 11 is 6.46. The van der Waals surface area contributed by atoms with Crippen molar-refractivity contribution in [3.63, 3.8) is 0 Å². The molecule has 2 heteroatoms. The molecule has 2 unspecified atom stereocenters. The van der Waals surface area contributed by atoms with Crippen LogP contribution in [0.1, 0.15) is 39.7 Å². The van der Waals surface area contributed by atoms with Crippen molar-refractivity contribution in [1.82, 2.24) is 0 Å². The van der Waals surface area contributed by atoms with Crippen LogP contribution in [0.4, 0.5) is 0 Å². The van der Waals surface area contributed by atoms with E-state index in [-0.39, 0.29) is 5.38 Å². The smallest absolute Gasteiger partial charge is 0.118 e. The minimum absolute atomic E-state index is 0.201. The van der Waals surface area contributed by atoms with Crippen molar-refractivity contribution in [2.45, 2.75) is 45.9 Å². The molecule has 102 valence electrons. The van der Waals surface area contributed by atoms with Crippen molar-refractivity contribution in [1.29, 1.82) is 0 Å². The van der Waals surface area contributed by atoms with E-state index in [1.165, 1.54) is 5.56 Å². The van der Waals surface area contributed by atoms with Gasteiger partial charge in [0, 0.05) is 5.38 Å². The van der Waals surface area contributed by atoms with Gasteiger partial charge in [-0.25, -0.2) is 0 Å². The van der Waals surface area contributed by atoms with Crippen LogP contribution >= 0.6 is 11.6 Å². The molecule has 0 saturated heterocycles. The number of rotatable bonds is 5. The van der Waals surface area contributed by atoms with Gasteiger partial charge in [0.05, 0.1) is 7.11 Å². The highest BCUT2D eigenvalue weighted by Gasteiger charge is 2.22. The Balaban J connectivity index is 2.51. The average Bonchev–Trinajstić information content (AvgIpc) is 2.28. The maximum absolute atomic E-state index is 6.46. The Morgan fingerprint density at radius 2 is 1.72 bits per heavy atom. The van der Waals surface area contributed by atoms with Gasteiger partial charge in [-0.1, -0.05) is 39.8 Å². The molecule has 0 aliphatic rings. The lowest BCUT2D eigenvalue weighted by molar-refractivity contribution is 0.244. The first kappa shape index (κ1) is 15.4. The van der Waals surface area contributed by atoms with Crippen molar-refractivity contribution in [2.24, 2.45) is 11.3 Å². The Kier molecular flexibility index (Phi) is 5.52. The first-order chi connectivity index (χ1) is 8.32. The quantitative estimate of drug-likeness (QED) is 0.689. The third-order valence-electron chi connectivity index (χ3n) is 3.70. The zero-order valence-corrected chi connectivity index (χ0v) is 12.9. The molecule has 0 bridgehead atoms. The second-order valence-electron chi connectivity index (χ2n) is 6.15. The summed E-state index contributed by atoms with van der Waals surface area (Å²) in [5.74, 6) is 1.52. The van der Waals surface area contributed by atoms with Crippen LogP contribution < -0.4 is 4.74 Å². The van der Waals surface area contributed by atoms with E-state index in [0.29, 0.717) is 11.3 Å². The first-order valence-electron chi connectivity index (χ1n) is 6.60. The second-order valence-corrected chi connectivity index (χ2v) is 6.77. The highest BCUT2D eigenvalue weighted by molar-refractivity contribution is 6.20. The molecule has 0 heterocycles. The van der Waals surface area contributed by atoms with Gasteiger partial charge in [-0.2, -0.15) is 0 Å². The van der Waals surface area contributed by atoms with E-state index >= 15 is 0 Å². The van der Waals surface area contributed by atoms with Crippen molar-refractivity contribution < 1.29 is 4.74 Å². The molecule has 0 spiro atoms. The Morgan fingerprint density at radius 1 is 1.17 bits per heavy atom. The third-order valence-corrected chi connectivity index (χ3v) is 4.04. The summed E-state index contributed by atoms with van der Waals surface area (Å²) < 4.78 is 5.15. The topological polar surface area (TPSA) is 9.23 Å². The maximum Gasteiger partial charge on any atom is 0.118 e. The fourth-order valence-corrected chi connectivity index (χ4v) is 2.28. The van der Waals surface area contributed by atoms with E-state index in [2.05, 4.69) is 39.8 Å². The fraction of sp³-hybridized carbons (Fsp3) is 0.625. The van der Waals surface area contributed by atoms with Crippen LogP contribution in [-0.2, 0) is 6.42 Å². The Labute approximate surface area is 116 Å². The van der Waals surface area contributed by atoms with Crippen molar-refractivity contribution in [3.8, 4) is 5.75 Å². The highest BCUT2D eigenvalue weighted by atomic mass is 35.5. The van der Waals surface area contributed by atoms with Gasteiger partial charge in [0.2, 0.25) is 0 Å². The summed E-state index contributed by atoms with van der Waals surface area (Å²) in [6.45, 7) is 9.10. The molecule has 18 heavy (non-hydrogen) atoms. The van der Waals surface area contributed by atoms with E-state index in [0.717, 1.165) is 18.6 Å². The molecular weight excluding hydrogens is 244 g/mol. The number of halogens is 1. The zero-order chi connectivity index (χ0) is 13.8.